The molecule has 0 radical (unpaired) electrons. The minimum Gasteiger partial charge on any atom is -0.480 e. The minimum absolute atomic E-state index is 0.309. The van der Waals surface area contributed by atoms with Gasteiger partial charge in [0.05, 0.1) is 5.39 Å². The number of nitrogens with one attached hydrogen (secondary N) is 1. The van der Waals surface area contributed by atoms with Crippen molar-refractivity contribution in [3.63, 3.8) is 0 Å². The normalized spacial score (nSPS) is 12.6. The molecule has 0 aliphatic carbocycles. The summed E-state index contributed by atoms with van der Waals surface area (Å²) >= 11 is 1.22. The molecule has 22 heavy (non-hydrogen) atoms. The van der Waals surface area contributed by atoms with Crippen LogP contribution >= 0.6 is 11.3 Å². The van der Waals surface area contributed by atoms with Crippen LogP contribution in [0.25, 0.3) is 15.2 Å². The summed E-state index contributed by atoms with van der Waals surface area (Å²) in [6.07, 6.45) is 3.34. The summed E-state index contributed by atoms with van der Waals surface area (Å²) in [5.41, 5.74) is -0.697. The summed E-state index contributed by atoms with van der Waals surface area (Å²) in [6.45, 7) is 3.03. The zero-order chi connectivity index (χ0) is 16.0. The van der Waals surface area contributed by atoms with Crippen molar-refractivity contribution in [2.45, 2.75) is 19.9 Å². The van der Waals surface area contributed by atoms with Crippen molar-refractivity contribution in [1.29, 1.82) is 0 Å². The Morgan fingerprint density at radius 3 is 2.77 bits per heavy atom. The Kier molecular flexibility index (Phi) is 3.21. The number of rotatable bonds is 3. The van der Waals surface area contributed by atoms with E-state index in [1.807, 2.05) is 0 Å². The number of carboxylic acid groups (broad SMARTS) is 1. The first-order valence-corrected chi connectivity index (χ1v) is 7.24. The molecule has 0 aromatic carbocycles. The van der Waals surface area contributed by atoms with E-state index in [0.29, 0.717) is 20.8 Å². The molecule has 0 saturated heterocycles. The molecule has 0 amide bonds. The van der Waals surface area contributed by atoms with Gasteiger partial charge in [0.25, 0.3) is 5.56 Å². The second-order valence-electron chi connectivity index (χ2n) is 4.81. The molecule has 0 fully saturated rings. The number of hydrogen-bond acceptors (Lipinski definition) is 5. The number of aliphatic carboxylic acids is 1. The van der Waals surface area contributed by atoms with Gasteiger partial charge in [-0.15, -0.1) is 0 Å². The van der Waals surface area contributed by atoms with Gasteiger partial charge in [0.15, 0.2) is 0 Å². The van der Waals surface area contributed by atoms with Crippen LogP contribution in [0.1, 0.15) is 18.5 Å². The number of aryl methyl sites for hydroxylation is 1. The van der Waals surface area contributed by atoms with E-state index in [-0.39, 0.29) is 0 Å². The molecule has 0 spiro atoms. The first-order chi connectivity index (χ1) is 10.4. The molecule has 1 atom stereocenters. The van der Waals surface area contributed by atoms with Gasteiger partial charge in [-0.05, 0) is 19.9 Å². The molecule has 0 aliphatic rings. The Morgan fingerprint density at radius 2 is 2.18 bits per heavy atom. The van der Waals surface area contributed by atoms with Crippen LogP contribution < -0.4 is 11.2 Å². The molecule has 0 unspecified atom stereocenters. The topological polar surface area (TPSA) is 110 Å². The summed E-state index contributed by atoms with van der Waals surface area (Å²) < 4.78 is 2.32. The van der Waals surface area contributed by atoms with Crippen LogP contribution in [0.2, 0.25) is 0 Å². The van der Waals surface area contributed by atoms with E-state index >= 15 is 0 Å². The highest BCUT2D eigenvalue weighted by molar-refractivity contribution is 7.21. The molecule has 0 aliphatic heterocycles. The maximum absolute atomic E-state index is 12.6. The Labute approximate surface area is 127 Å². The number of H-pyrrole nitrogens is 1. The molecule has 3 rings (SSSR count). The van der Waals surface area contributed by atoms with Gasteiger partial charge < -0.3 is 5.11 Å². The SMILES string of the molecule is Cc1c(-n2cccn2)sc2[nH]c(=O)n([C@@H](C)C(=O)O)c(=O)c12. The Bertz CT molecular complexity index is 980. The fraction of sp³-hybridized carbons (Fsp3) is 0.231. The number of hydrogen-bond donors (Lipinski definition) is 2. The Balaban J connectivity index is 2.37. The van der Waals surface area contributed by atoms with E-state index in [4.69, 9.17) is 5.11 Å². The van der Waals surface area contributed by atoms with E-state index in [0.717, 1.165) is 4.57 Å². The largest absolute Gasteiger partial charge is 0.480 e. The predicted molar refractivity (Wildman–Crippen MR) is 80.9 cm³/mol. The average Bonchev–Trinajstić information content (AvgIpc) is 3.06. The van der Waals surface area contributed by atoms with Crippen LogP contribution in [0, 0.1) is 6.92 Å². The van der Waals surface area contributed by atoms with Gasteiger partial charge in [-0.25, -0.2) is 18.8 Å². The Hall–Kier alpha value is -2.68. The van der Waals surface area contributed by atoms with E-state index < -0.39 is 23.3 Å². The second-order valence-corrected chi connectivity index (χ2v) is 5.81. The van der Waals surface area contributed by atoms with Gasteiger partial charge in [0, 0.05) is 18.0 Å². The molecule has 2 N–H and O–H groups in total. The summed E-state index contributed by atoms with van der Waals surface area (Å²) in [7, 11) is 0. The molecule has 0 saturated carbocycles. The van der Waals surface area contributed by atoms with Gasteiger partial charge in [0.2, 0.25) is 0 Å². The van der Waals surface area contributed by atoms with Crippen molar-refractivity contribution in [1.82, 2.24) is 19.3 Å². The third-order valence-corrected chi connectivity index (χ3v) is 4.65. The second kappa shape index (κ2) is 4.95. The summed E-state index contributed by atoms with van der Waals surface area (Å²) in [6, 6.07) is 0.505. The average molecular weight is 320 g/mol. The first kappa shape index (κ1) is 14.3. The third kappa shape index (κ3) is 1.98. The summed E-state index contributed by atoms with van der Waals surface area (Å²) in [5, 5.41) is 14.2. The monoisotopic (exact) mass is 320 g/mol. The van der Waals surface area contributed by atoms with Crippen LogP contribution in [0.3, 0.4) is 0 Å². The van der Waals surface area contributed by atoms with Gasteiger partial charge in [-0.3, -0.25) is 9.78 Å². The van der Waals surface area contributed by atoms with Crippen LogP contribution in [-0.2, 0) is 4.79 Å². The zero-order valence-electron chi connectivity index (χ0n) is 11.7. The van der Waals surface area contributed by atoms with Crippen LogP contribution in [0.5, 0.6) is 0 Å². The van der Waals surface area contributed by atoms with Crippen LogP contribution in [0.15, 0.2) is 28.0 Å². The lowest BCUT2D eigenvalue weighted by atomic mass is 10.2. The van der Waals surface area contributed by atoms with Gasteiger partial charge >= 0.3 is 11.7 Å². The highest BCUT2D eigenvalue weighted by Crippen LogP contribution is 2.29. The number of nitrogens with zero attached hydrogens (tertiary/aromatic N) is 3. The number of thiophene rings is 1. The first-order valence-electron chi connectivity index (χ1n) is 6.42. The number of aromatic amines is 1. The van der Waals surface area contributed by atoms with Gasteiger partial charge in [-0.1, -0.05) is 11.3 Å². The molecule has 114 valence electrons. The van der Waals surface area contributed by atoms with E-state index in [1.165, 1.54) is 18.3 Å². The maximum atomic E-state index is 12.6. The fourth-order valence-electron chi connectivity index (χ4n) is 2.29. The van der Waals surface area contributed by atoms with Crippen molar-refractivity contribution in [3.05, 3.63) is 44.9 Å². The molecule has 9 heteroatoms. The highest BCUT2D eigenvalue weighted by Gasteiger charge is 2.22. The van der Waals surface area contributed by atoms with E-state index in [2.05, 4.69) is 10.1 Å². The van der Waals surface area contributed by atoms with Crippen molar-refractivity contribution in [2.24, 2.45) is 0 Å². The molecular formula is C13H12N4O4S. The van der Waals surface area contributed by atoms with Crippen molar-refractivity contribution >= 4 is 27.5 Å². The third-order valence-electron chi connectivity index (χ3n) is 3.45. The maximum Gasteiger partial charge on any atom is 0.330 e. The zero-order valence-corrected chi connectivity index (χ0v) is 12.5. The smallest absolute Gasteiger partial charge is 0.330 e. The highest BCUT2D eigenvalue weighted by atomic mass is 32.1. The molecular weight excluding hydrogens is 308 g/mol. The number of carbonyl (C=O) groups is 1. The molecule has 3 aromatic heterocycles. The lowest BCUT2D eigenvalue weighted by molar-refractivity contribution is -0.140. The molecule has 8 nitrogen and oxygen atoms in total. The molecule has 0 bridgehead atoms. The van der Waals surface area contributed by atoms with Crippen LogP contribution in [0.4, 0.5) is 0 Å². The van der Waals surface area contributed by atoms with Crippen molar-refractivity contribution in [3.8, 4) is 5.00 Å². The van der Waals surface area contributed by atoms with Crippen LogP contribution in [-0.4, -0.2) is 30.4 Å². The lowest BCUT2D eigenvalue weighted by Crippen LogP contribution is -2.39. The molecule has 3 aromatic rings. The quantitative estimate of drug-likeness (QED) is 0.745. The predicted octanol–water partition coefficient (Wildman–Crippen LogP) is 0.891. The lowest BCUT2D eigenvalue weighted by Gasteiger charge is -2.08. The summed E-state index contributed by atoms with van der Waals surface area (Å²) in [5.74, 6) is -1.24. The summed E-state index contributed by atoms with van der Waals surface area (Å²) in [4.78, 5) is 38.7. The van der Waals surface area contributed by atoms with Gasteiger partial charge in [-0.2, -0.15) is 5.10 Å². The van der Waals surface area contributed by atoms with Gasteiger partial charge in [0.1, 0.15) is 15.9 Å². The number of carboxylic acids is 1. The Morgan fingerprint density at radius 1 is 1.45 bits per heavy atom. The van der Waals surface area contributed by atoms with Crippen molar-refractivity contribution < 1.29 is 9.90 Å². The van der Waals surface area contributed by atoms with Crippen molar-refractivity contribution in [2.75, 3.05) is 0 Å². The minimum atomic E-state index is -1.24. The van der Waals surface area contributed by atoms with E-state index in [9.17, 15) is 14.4 Å². The van der Waals surface area contributed by atoms with E-state index in [1.54, 1.807) is 30.1 Å². The number of aromatic nitrogens is 4. The molecule has 3 heterocycles. The fourth-order valence-corrected chi connectivity index (χ4v) is 3.42. The number of fused-ring (bicyclic) bond motifs is 1. The standard InChI is InChI=1S/C13H12N4O4S/c1-6-8-9(22-11(6)16-5-3-4-14-16)15-13(21)17(10(8)18)7(2)12(19)20/h3-5,7H,1-2H3,(H,15,21)(H,19,20)/t7-/m0/s1.